The zero-order valence-corrected chi connectivity index (χ0v) is 13.2. The molecule has 3 nitrogen and oxygen atoms in total. The summed E-state index contributed by atoms with van der Waals surface area (Å²) in [7, 11) is -3.46. The molecule has 0 radical (unpaired) electrons. The van der Waals surface area contributed by atoms with E-state index in [-0.39, 0.29) is 0 Å². The van der Waals surface area contributed by atoms with Gasteiger partial charge in [0.05, 0.1) is 10.6 Å². The monoisotopic (exact) mass is 351 g/mol. The van der Waals surface area contributed by atoms with Gasteiger partial charge < -0.3 is 0 Å². The minimum Gasteiger partial charge on any atom is -0.266 e. The van der Waals surface area contributed by atoms with Crippen LogP contribution < -0.4 is 4.31 Å². The summed E-state index contributed by atoms with van der Waals surface area (Å²) in [5, 5.41) is 0.722. The maximum absolute atomic E-state index is 12.7. The zero-order chi connectivity index (χ0) is 14.2. The first-order valence-corrected chi connectivity index (χ1v) is 8.94. The van der Waals surface area contributed by atoms with E-state index in [0.717, 1.165) is 28.6 Å². The van der Waals surface area contributed by atoms with Gasteiger partial charge in [0.25, 0.3) is 10.0 Å². The molecule has 20 heavy (non-hydrogen) atoms. The minimum absolute atomic E-state index is 0.346. The first kappa shape index (κ1) is 13.6. The lowest BCUT2D eigenvalue weighted by Gasteiger charge is -2.19. The Kier molecular flexibility index (Phi) is 3.56. The number of hydrogen-bond acceptors (Lipinski definition) is 2. The molecule has 0 N–H and O–H groups in total. The number of anilines is 1. The van der Waals surface area contributed by atoms with Crippen molar-refractivity contribution in [3.8, 4) is 0 Å². The van der Waals surface area contributed by atoms with Gasteiger partial charge in [0.1, 0.15) is 0 Å². The van der Waals surface area contributed by atoms with Gasteiger partial charge >= 0.3 is 0 Å². The van der Waals surface area contributed by atoms with Gasteiger partial charge in [-0.2, -0.15) is 0 Å². The molecular formula is C15H14BrNO2S. The van der Waals surface area contributed by atoms with E-state index in [1.54, 1.807) is 12.1 Å². The van der Waals surface area contributed by atoms with E-state index < -0.39 is 10.0 Å². The Balaban J connectivity index is 2.00. The summed E-state index contributed by atoms with van der Waals surface area (Å²) in [6, 6.07) is 14.7. The van der Waals surface area contributed by atoms with Gasteiger partial charge in [0, 0.05) is 11.9 Å². The number of halogens is 1. The average Bonchev–Trinajstić information content (AvgIpc) is 2.92. The van der Waals surface area contributed by atoms with Crippen molar-refractivity contribution in [1.29, 1.82) is 0 Å². The molecule has 0 saturated heterocycles. The van der Waals surface area contributed by atoms with Crippen LogP contribution in [0, 0.1) is 0 Å². The number of benzene rings is 2. The van der Waals surface area contributed by atoms with Crippen molar-refractivity contribution in [2.45, 2.75) is 16.6 Å². The minimum atomic E-state index is -3.46. The molecule has 0 aromatic heterocycles. The quantitative estimate of drug-likeness (QED) is 0.795. The Morgan fingerprint density at radius 3 is 2.45 bits per heavy atom. The molecule has 0 aliphatic carbocycles. The Bertz CT molecular complexity index is 726. The molecule has 5 heteroatoms. The number of nitrogens with zero attached hydrogens (tertiary/aromatic N) is 1. The van der Waals surface area contributed by atoms with E-state index in [1.807, 2.05) is 36.4 Å². The molecule has 2 aromatic rings. The van der Waals surface area contributed by atoms with E-state index in [2.05, 4.69) is 15.9 Å². The molecule has 0 bridgehead atoms. The summed E-state index contributed by atoms with van der Waals surface area (Å²) in [5.41, 5.74) is 2.95. The van der Waals surface area contributed by atoms with Gasteiger partial charge in [-0.25, -0.2) is 8.42 Å². The van der Waals surface area contributed by atoms with E-state index in [4.69, 9.17) is 0 Å². The Labute approximate surface area is 127 Å². The maximum atomic E-state index is 12.7. The van der Waals surface area contributed by atoms with Crippen LogP contribution in [0.15, 0.2) is 53.4 Å². The number of rotatable bonds is 3. The Hall–Kier alpha value is -1.33. The molecule has 0 unspecified atom stereocenters. The third kappa shape index (κ3) is 2.25. The molecule has 2 aromatic carbocycles. The maximum Gasteiger partial charge on any atom is 0.264 e. The largest absolute Gasteiger partial charge is 0.266 e. The SMILES string of the molecule is O=S(=O)(c1ccc(CBr)cc1)N1CCc2ccccc21. The van der Waals surface area contributed by atoms with Crippen molar-refractivity contribution in [3.05, 3.63) is 59.7 Å². The van der Waals surface area contributed by atoms with E-state index >= 15 is 0 Å². The number of fused-ring (bicyclic) bond motifs is 1. The molecule has 104 valence electrons. The van der Waals surface area contributed by atoms with Crippen LogP contribution in [0.5, 0.6) is 0 Å². The van der Waals surface area contributed by atoms with Crippen molar-refractivity contribution < 1.29 is 8.42 Å². The second-order valence-electron chi connectivity index (χ2n) is 4.73. The van der Waals surface area contributed by atoms with Crippen molar-refractivity contribution >= 4 is 31.6 Å². The van der Waals surface area contributed by atoms with E-state index in [9.17, 15) is 8.42 Å². The van der Waals surface area contributed by atoms with Crippen LogP contribution in [-0.4, -0.2) is 15.0 Å². The third-order valence-electron chi connectivity index (χ3n) is 3.51. The third-order valence-corrected chi connectivity index (χ3v) is 5.99. The van der Waals surface area contributed by atoms with E-state index in [0.29, 0.717) is 11.4 Å². The lowest BCUT2D eigenvalue weighted by molar-refractivity contribution is 0.592. The van der Waals surface area contributed by atoms with Crippen molar-refractivity contribution in [2.75, 3.05) is 10.8 Å². The predicted molar refractivity (Wildman–Crippen MR) is 83.8 cm³/mol. The molecule has 1 aliphatic heterocycles. The topological polar surface area (TPSA) is 37.4 Å². The highest BCUT2D eigenvalue weighted by atomic mass is 79.9. The highest BCUT2D eigenvalue weighted by Gasteiger charge is 2.30. The molecular weight excluding hydrogens is 338 g/mol. The summed E-state index contributed by atoms with van der Waals surface area (Å²) in [5.74, 6) is 0. The molecule has 0 atom stereocenters. The number of hydrogen-bond donors (Lipinski definition) is 0. The van der Waals surface area contributed by atoms with Gasteiger partial charge in [0.15, 0.2) is 0 Å². The van der Waals surface area contributed by atoms with Gasteiger partial charge in [-0.05, 0) is 35.7 Å². The van der Waals surface area contributed by atoms with Gasteiger partial charge in [0.2, 0.25) is 0 Å². The van der Waals surface area contributed by atoms with Gasteiger partial charge in [-0.3, -0.25) is 4.31 Å². The molecule has 0 amide bonds. The molecule has 0 saturated carbocycles. The Morgan fingerprint density at radius 2 is 1.75 bits per heavy atom. The fourth-order valence-corrected chi connectivity index (χ4v) is 4.31. The van der Waals surface area contributed by atoms with Crippen molar-refractivity contribution in [1.82, 2.24) is 0 Å². The molecule has 1 aliphatic rings. The molecule has 3 rings (SSSR count). The highest BCUT2D eigenvalue weighted by Crippen LogP contribution is 2.32. The van der Waals surface area contributed by atoms with E-state index in [1.165, 1.54) is 4.31 Å². The summed E-state index contributed by atoms with van der Waals surface area (Å²) in [6.45, 7) is 0.516. The Morgan fingerprint density at radius 1 is 1.05 bits per heavy atom. The van der Waals surface area contributed by atoms with Crippen LogP contribution in [0.2, 0.25) is 0 Å². The standard InChI is InChI=1S/C15H14BrNO2S/c16-11-12-5-7-14(8-6-12)20(18,19)17-10-9-13-3-1-2-4-15(13)17/h1-8H,9-11H2. The molecule has 1 heterocycles. The first-order chi connectivity index (χ1) is 9.63. The van der Waals surface area contributed by atoms with Crippen molar-refractivity contribution in [2.24, 2.45) is 0 Å². The zero-order valence-electron chi connectivity index (χ0n) is 10.8. The normalized spacial score (nSPS) is 14.3. The van der Waals surface area contributed by atoms with Crippen LogP contribution >= 0.6 is 15.9 Å². The predicted octanol–water partition coefficient (Wildman–Crippen LogP) is 3.33. The average molecular weight is 352 g/mol. The van der Waals surface area contributed by atoms with Crippen molar-refractivity contribution in [3.63, 3.8) is 0 Å². The lowest BCUT2D eigenvalue weighted by atomic mass is 10.2. The fourth-order valence-electron chi connectivity index (χ4n) is 2.44. The lowest BCUT2D eigenvalue weighted by Crippen LogP contribution is -2.29. The number of sulfonamides is 1. The van der Waals surface area contributed by atoms with Crippen LogP contribution in [0.25, 0.3) is 0 Å². The van der Waals surface area contributed by atoms with Crippen LogP contribution in [-0.2, 0) is 21.8 Å². The molecule has 0 spiro atoms. The molecule has 0 fully saturated rings. The summed E-state index contributed by atoms with van der Waals surface area (Å²) in [6.07, 6.45) is 0.773. The van der Waals surface area contributed by atoms with Gasteiger partial charge in [-0.15, -0.1) is 0 Å². The first-order valence-electron chi connectivity index (χ1n) is 6.38. The van der Waals surface area contributed by atoms with Gasteiger partial charge in [-0.1, -0.05) is 46.3 Å². The second-order valence-corrected chi connectivity index (χ2v) is 7.16. The fraction of sp³-hybridized carbons (Fsp3) is 0.200. The smallest absolute Gasteiger partial charge is 0.264 e. The highest BCUT2D eigenvalue weighted by molar-refractivity contribution is 9.08. The second kappa shape index (κ2) is 5.22. The van der Waals surface area contributed by atoms with Crippen LogP contribution in [0.4, 0.5) is 5.69 Å². The summed E-state index contributed by atoms with van der Waals surface area (Å²) in [4.78, 5) is 0.346. The number of para-hydroxylation sites is 1. The van der Waals surface area contributed by atoms with Crippen LogP contribution in [0.1, 0.15) is 11.1 Å². The van der Waals surface area contributed by atoms with Crippen LogP contribution in [0.3, 0.4) is 0 Å². The summed E-state index contributed by atoms with van der Waals surface area (Å²) >= 11 is 3.36. The number of alkyl halides is 1. The summed E-state index contributed by atoms with van der Waals surface area (Å²) < 4.78 is 26.9.